The maximum atomic E-state index is 11.2. The minimum absolute atomic E-state index is 0.141. The van der Waals surface area contributed by atoms with Crippen LogP contribution in [-0.4, -0.2) is 25.9 Å². The Morgan fingerprint density at radius 1 is 1.67 bits per heavy atom. The Bertz CT molecular complexity index is 576. The average Bonchev–Trinajstić information content (AvgIpc) is 2.60. The quantitative estimate of drug-likeness (QED) is 0.666. The molecule has 1 unspecified atom stereocenters. The molecule has 0 bridgehead atoms. The van der Waals surface area contributed by atoms with Crippen molar-refractivity contribution in [3.63, 3.8) is 0 Å². The van der Waals surface area contributed by atoms with E-state index >= 15 is 0 Å². The van der Waals surface area contributed by atoms with Crippen LogP contribution in [0.15, 0.2) is 16.9 Å². The predicted molar refractivity (Wildman–Crippen MR) is 55.5 cm³/mol. The van der Waals surface area contributed by atoms with Crippen LogP contribution in [0.25, 0.3) is 5.65 Å². The van der Waals surface area contributed by atoms with Crippen LogP contribution >= 0.6 is 0 Å². The summed E-state index contributed by atoms with van der Waals surface area (Å²) in [4.78, 5) is 11.2. The van der Waals surface area contributed by atoms with E-state index in [9.17, 15) is 4.79 Å². The van der Waals surface area contributed by atoms with Gasteiger partial charge in [-0.25, -0.2) is 9.89 Å². The van der Waals surface area contributed by atoms with E-state index in [4.69, 9.17) is 6.42 Å². The molecule has 6 nitrogen and oxygen atoms in total. The third-order valence-electron chi connectivity index (χ3n) is 1.89. The zero-order valence-corrected chi connectivity index (χ0v) is 8.06. The van der Waals surface area contributed by atoms with Crippen LogP contribution in [0.3, 0.4) is 0 Å². The Morgan fingerprint density at radius 3 is 3.20 bits per heavy atom. The molecule has 2 aromatic heterocycles. The van der Waals surface area contributed by atoms with Gasteiger partial charge in [0.1, 0.15) is 5.82 Å². The molecular formula is C9H9N5O. The normalized spacial score (nSPS) is 12.3. The zero-order chi connectivity index (χ0) is 10.8. The number of aromatic nitrogens is 4. The Morgan fingerprint density at radius 2 is 2.47 bits per heavy atom. The number of rotatable bonds is 2. The van der Waals surface area contributed by atoms with Crippen LogP contribution in [0.2, 0.25) is 0 Å². The first-order chi connectivity index (χ1) is 7.20. The Labute approximate surface area is 85.3 Å². The molecule has 2 aromatic rings. The lowest BCUT2D eigenvalue weighted by atomic mass is 10.3. The number of hydrogen-bond donors (Lipinski definition) is 2. The topological polar surface area (TPSA) is 75.1 Å². The molecule has 0 aliphatic heterocycles. The fourth-order valence-corrected chi connectivity index (χ4v) is 1.14. The summed E-state index contributed by atoms with van der Waals surface area (Å²) in [6.07, 6.45) is 5.22. The maximum Gasteiger partial charge on any atom is 0.364 e. The lowest BCUT2D eigenvalue weighted by Gasteiger charge is -2.06. The van der Waals surface area contributed by atoms with Gasteiger partial charge in [-0.05, 0) is 19.1 Å². The van der Waals surface area contributed by atoms with Crippen molar-refractivity contribution in [1.82, 2.24) is 19.8 Å². The van der Waals surface area contributed by atoms with E-state index in [-0.39, 0.29) is 11.7 Å². The average molecular weight is 203 g/mol. The number of aromatic amines is 1. The highest BCUT2D eigenvalue weighted by Gasteiger charge is 2.03. The molecule has 2 heterocycles. The van der Waals surface area contributed by atoms with Crippen molar-refractivity contribution in [2.75, 3.05) is 5.32 Å². The highest BCUT2D eigenvalue weighted by atomic mass is 16.2. The number of nitrogens with one attached hydrogen (secondary N) is 2. The molecule has 1 atom stereocenters. The molecule has 0 radical (unpaired) electrons. The van der Waals surface area contributed by atoms with Gasteiger partial charge >= 0.3 is 5.69 Å². The SMILES string of the molecule is C#CC(C)Nc1ccc2n[nH]c(=O)n2n1. The van der Waals surface area contributed by atoms with Crippen molar-refractivity contribution in [2.45, 2.75) is 13.0 Å². The molecule has 0 saturated heterocycles. The summed E-state index contributed by atoms with van der Waals surface area (Å²) < 4.78 is 1.17. The van der Waals surface area contributed by atoms with Gasteiger partial charge in [0.25, 0.3) is 0 Å². The van der Waals surface area contributed by atoms with Crippen LogP contribution in [0.5, 0.6) is 0 Å². The molecule has 0 aliphatic rings. The van der Waals surface area contributed by atoms with Gasteiger partial charge in [-0.1, -0.05) is 5.92 Å². The highest BCUT2D eigenvalue weighted by molar-refractivity contribution is 5.44. The van der Waals surface area contributed by atoms with Crippen LogP contribution in [-0.2, 0) is 0 Å². The number of hydrogen-bond acceptors (Lipinski definition) is 4. The summed E-state index contributed by atoms with van der Waals surface area (Å²) in [6.45, 7) is 1.82. The van der Waals surface area contributed by atoms with Crippen molar-refractivity contribution >= 4 is 11.5 Å². The molecule has 76 valence electrons. The van der Waals surface area contributed by atoms with Gasteiger partial charge < -0.3 is 5.32 Å². The van der Waals surface area contributed by atoms with Gasteiger partial charge in [0, 0.05) is 0 Å². The molecule has 2 rings (SSSR count). The van der Waals surface area contributed by atoms with Gasteiger partial charge in [-0.2, -0.15) is 9.61 Å². The summed E-state index contributed by atoms with van der Waals surface area (Å²) in [5.74, 6) is 3.05. The fraction of sp³-hybridized carbons (Fsp3) is 0.222. The van der Waals surface area contributed by atoms with Crippen molar-refractivity contribution < 1.29 is 0 Å². The van der Waals surface area contributed by atoms with E-state index in [2.05, 4.69) is 26.5 Å². The first-order valence-electron chi connectivity index (χ1n) is 4.38. The van der Waals surface area contributed by atoms with Crippen LogP contribution in [0.1, 0.15) is 6.92 Å². The monoisotopic (exact) mass is 203 g/mol. The Kier molecular flexibility index (Phi) is 2.14. The maximum absolute atomic E-state index is 11.2. The van der Waals surface area contributed by atoms with E-state index in [1.807, 2.05) is 6.92 Å². The van der Waals surface area contributed by atoms with Gasteiger partial charge in [-0.15, -0.1) is 11.5 Å². The zero-order valence-electron chi connectivity index (χ0n) is 8.06. The summed E-state index contributed by atoms with van der Waals surface area (Å²) >= 11 is 0. The third-order valence-corrected chi connectivity index (χ3v) is 1.89. The van der Waals surface area contributed by atoms with Gasteiger partial charge in [-0.3, -0.25) is 0 Å². The number of terminal acetylenes is 1. The van der Waals surface area contributed by atoms with Gasteiger partial charge in [0.15, 0.2) is 5.65 Å². The molecule has 0 amide bonds. The first-order valence-corrected chi connectivity index (χ1v) is 4.38. The van der Waals surface area contributed by atoms with Gasteiger partial charge in [0.2, 0.25) is 0 Å². The molecule has 0 spiro atoms. The third kappa shape index (κ3) is 1.67. The first kappa shape index (κ1) is 9.27. The fourth-order valence-electron chi connectivity index (χ4n) is 1.14. The van der Waals surface area contributed by atoms with Crippen LogP contribution in [0.4, 0.5) is 5.82 Å². The summed E-state index contributed by atoms with van der Waals surface area (Å²) in [7, 11) is 0. The molecule has 2 N–H and O–H groups in total. The smallest absolute Gasteiger partial charge is 0.355 e. The highest BCUT2D eigenvalue weighted by Crippen LogP contribution is 2.03. The van der Waals surface area contributed by atoms with E-state index in [1.165, 1.54) is 4.52 Å². The number of fused-ring (bicyclic) bond motifs is 1. The second-order valence-corrected chi connectivity index (χ2v) is 3.05. The van der Waals surface area contributed by atoms with Crippen molar-refractivity contribution in [3.8, 4) is 12.3 Å². The van der Waals surface area contributed by atoms with Crippen LogP contribution in [0, 0.1) is 12.3 Å². The van der Waals surface area contributed by atoms with Crippen LogP contribution < -0.4 is 11.0 Å². The minimum atomic E-state index is -0.373. The lowest BCUT2D eigenvalue weighted by Crippen LogP contribution is -2.17. The van der Waals surface area contributed by atoms with E-state index < -0.39 is 0 Å². The molecule has 6 heteroatoms. The molecule has 0 aliphatic carbocycles. The molecule has 0 aromatic carbocycles. The van der Waals surface area contributed by atoms with Crippen molar-refractivity contribution in [1.29, 1.82) is 0 Å². The van der Waals surface area contributed by atoms with E-state index in [1.54, 1.807) is 12.1 Å². The van der Waals surface area contributed by atoms with E-state index in [0.29, 0.717) is 11.5 Å². The summed E-state index contributed by atoms with van der Waals surface area (Å²) in [6, 6.07) is 3.25. The van der Waals surface area contributed by atoms with Crippen molar-refractivity contribution in [3.05, 3.63) is 22.6 Å². The molecular weight excluding hydrogens is 194 g/mol. The van der Waals surface area contributed by atoms with E-state index in [0.717, 1.165) is 0 Å². The number of anilines is 1. The molecule has 15 heavy (non-hydrogen) atoms. The molecule has 0 saturated carbocycles. The standard InChI is InChI=1S/C9H9N5O/c1-3-6(2)10-7-4-5-8-11-12-9(15)14(8)13-7/h1,4-6H,2H3,(H,10,13)(H,12,15). The Balaban J connectivity index is 2.43. The summed E-state index contributed by atoms with van der Waals surface area (Å²) in [5, 5.41) is 13.0. The van der Waals surface area contributed by atoms with Crippen molar-refractivity contribution in [2.24, 2.45) is 0 Å². The predicted octanol–water partition coefficient (Wildman–Crippen LogP) is -0.149. The Hall–Kier alpha value is -2.29. The number of H-pyrrole nitrogens is 1. The van der Waals surface area contributed by atoms with Gasteiger partial charge in [0.05, 0.1) is 6.04 Å². The molecule has 0 fully saturated rings. The summed E-state index contributed by atoms with van der Waals surface area (Å²) in [5.41, 5.74) is 0.0981. The number of nitrogens with zero attached hydrogens (tertiary/aromatic N) is 3. The second kappa shape index (κ2) is 3.46. The lowest BCUT2D eigenvalue weighted by molar-refractivity contribution is 0.867. The second-order valence-electron chi connectivity index (χ2n) is 3.05. The minimum Gasteiger partial charge on any atom is -0.355 e. The largest absolute Gasteiger partial charge is 0.364 e.